The molecule has 2 N–H and O–H groups in total. The maximum absolute atomic E-state index is 11.9. The number of hydrogen-bond acceptors (Lipinski definition) is 4. The Kier molecular flexibility index (Phi) is 7.89. The number of hydrogen-bond donors (Lipinski definition) is 2. The van der Waals surface area contributed by atoms with E-state index in [-0.39, 0.29) is 17.5 Å². The Balaban J connectivity index is 1.46. The summed E-state index contributed by atoms with van der Waals surface area (Å²) in [5, 5.41) is 20.3. The number of rotatable bonds is 7. The van der Waals surface area contributed by atoms with Gasteiger partial charge in [-0.25, -0.2) is 0 Å². The van der Waals surface area contributed by atoms with Gasteiger partial charge in [-0.3, -0.25) is 4.79 Å². The van der Waals surface area contributed by atoms with Gasteiger partial charge in [0.05, 0.1) is 12.2 Å². The summed E-state index contributed by atoms with van der Waals surface area (Å²) in [4.78, 5) is 11.9. The van der Waals surface area contributed by atoms with Crippen molar-refractivity contribution in [2.24, 2.45) is 29.1 Å². The standard InChI is InChI=1S/C30H44O4/c1-5-29(33)34-28(22-10-11-22)15-8-19(2)25-13-14-26-21(7-6-16-30(25,26)4)9-12-23-17-24(31)18-27(32)20(23)3/h8-9,12,15,19,22,24-28,31-32H,3,5-7,10-11,13-14,16-18H2,1-2,4H3/t19-,24-,25-,26+,27+,28+,30-/m1/s1. The minimum absolute atomic E-state index is 0.0531. The summed E-state index contributed by atoms with van der Waals surface area (Å²) in [6.07, 6.45) is 17.5. The van der Waals surface area contributed by atoms with E-state index < -0.39 is 12.2 Å². The third kappa shape index (κ3) is 5.44. The second-order valence-corrected chi connectivity index (χ2v) is 11.6. The lowest BCUT2D eigenvalue weighted by atomic mass is 9.61. The quantitative estimate of drug-likeness (QED) is 0.352. The van der Waals surface area contributed by atoms with Crippen LogP contribution < -0.4 is 0 Å². The molecule has 0 aromatic heterocycles. The average Bonchev–Trinajstić information content (AvgIpc) is 3.58. The second-order valence-electron chi connectivity index (χ2n) is 11.6. The lowest BCUT2D eigenvalue weighted by Gasteiger charge is -2.44. The first kappa shape index (κ1) is 25.4. The summed E-state index contributed by atoms with van der Waals surface area (Å²) in [6.45, 7) is 10.8. The van der Waals surface area contributed by atoms with Crippen LogP contribution in [0.3, 0.4) is 0 Å². The largest absolute Gasteiger partial charge is 0.458 e. The van der Waals surface area contributed by atoms with Crippen molar-refractivity contribution < 1.29 is 19.7 Å². The Morgan fingerprint density at radius 1 is 1.21 bits per heavy atom. The highest BCUT2D eigenvalue weighted by atomic mass is 16.5. The summed E-state index contributed by atoms with van der Waals surface area (Å²) >= 11 is 0. The van der Waals surface area contributed by atoms with Gasteiger partial charge in [0.2, 0.25) is 0 Å². The molecule has 188 valence electrons. The van der Waals surface area contributed by atoms with Gasteiger partial charge in [0.1, 0.15) is 6.10 Å². The maximum atomic E-state index is 11.9. The number of ether oxygens (including phenoxy) is 1. The fourth-order valence-corrected chi connectivity index (χ4v) is 6.98. The van der Waals surface area contributed by atoms with Gasteiger partial charge >= 0.3 is 5.97 Å². The third-order valence-electron chi connectivity index (χ3n) is 9.18. The summed E-state index contributed by atoms with van der Waals surface area (Å²) < 4.78 is 5.71. The molecule has 0 spiro atoms. The molecule has 0 radical (unpaired) electrons. The van der Waals surface area contributed by atoms with Gasteiger partial charge in [-0.2, -0.15) is 0 Å². The Hall–Kier alpha value is -1.65. The van der Waals surface area contributed by atoms with Crippen molar-refractivity contribution in [3.8, 4) is 0 Å². The number of carbonyl (C=O) groups is 1. The van der Waals surface area contributed by atoms with E-state index in [4.69, 9.17) is 4.74 Å². The fraction of sp³-hybridized carbons (Fsp3) is 0.700. The predicted octanol–water partition coefficient (Wildman–Crippen LogP) is 6.05. The SMILES string of the molecule is C=C1C(=CC=C2CCC[C@]3(C)[C@@H]([C@H](C)C=C[C@H](OC(=O)CC)C4CC4)CC[C@@H]23)C[C@@H](O)C[C@@H]1O. The molecule has 4 rings (SSSR count). The molecule has 0 aliphatic heterocycles. The van der Waals surface area contributed by atoms with Crippen LogP contribution in [0.2, 0.25) is 0 Å². The number of aliphatic hydroxyl groups is 2. The van der Waals surface area contributed by atoms with Gasteiger partial charge in [0, 0.05) is 12.8 Å². The van der Waals surface area contributed by atoms with E-state index in [1.807, 2.05) is 6.92 Å². The van der Waals surface area contributed by atoms with E-state index >= 15 is 0 Å². The first-order valence-electron chi connectivity index (χ1n) is 13.6. The minimum atomic E-state index is -0.635. The zero-order valence-electron chi connectivity index (χ0n) is 21.3. The van der Waals surface area contributed by atoms with E-state index in [2.05, 4.69) is 44.7 Å². The lowest BCUT2D eigenvalue weighted by Crippen LogP contribution is -2.35. The van der Waals surface area contributed by atoms with Crippen LogP contribution >= 0.6 is 0 Å². The van der Waals surface area contributed by atoms with Crippen molar-refractivity contribution in [1.82, 2.24) is 0 Å². The monoisotopic (exact) mass is 468 g/mol. The lowest BCUT2D eigenvalue weighted by molar-refractivity contribution is -0.147. The number of carbonyl (C=O) groups excluding carboxylic acids is 1. The summed E-state index contributed by atoms with van der Waals surface area (Å²) in [5.74, 6) is 2.08. The van der Waals surface area contributed by atoms with Gasteiger partial charge in [-0.15, -0.1) is 0 Å². The van der Waals surface area contributed by atoms with Crippen LogP contribution in [0.25, 0.3) is 0 Å². The number of esters is 1. The topological polar surface area (TPSA) is 66.8 Å². The minimum Gasteiger partial charge on any atom is -0.458 e. The van der Waals surface area contributed by atoms with Gasteiger partial charge in [0.15, 0.2) is 0 Å². The molecule has 4 aliphatic carbocycles. The van der Waals surface area contributed by atoms with Crippen molar-refractivity contribution in [3.05, 3.63) is 47.6 Å². The van der Waals surface area contributed by atoms with E-state index in [0.717, 1.165) is 30.4 Å². The zero-order valence-corrected chi connectivity index (χ0v) is 21.3. The molecule has 4 heteroatoms. The van der Waals surface area contributed by atoms with Crippen LogP contribution in [0.1, 0.15) is 85.0 Å². The molecule has 4 fully saturated rings. The molecule has 4 saturated carbocycles. The van der Waals surface area contributed by atoms with Gasteiger partial charge in [-0.1, -0.05) is 51.2 Å². The van der Waals surface area contributed by atoms with Crippen LogP contribution in [0.4, 0.5) is 0 Å². The highest BCUT2D eigenvalue weighted by Gasteiger charge is 2.50. The molecule has 0 amide bonds. The molecule has 34 heavy (non-hydrogen) atoms. The first-order chi connectivity index (χ1) is 16.2. The molecule has 0 aromatic rings. The van der Waals surface area contributed by atoms with Crippen molar-refractivity contribution in [1.29, 1.82) is 0 Å². The summed E-state index contributed by atoms with van der Waals surface area (Å²) in [7, 11) is 0. The highest BCUT2D eigenvalue weighted by molar-refractivity contribution is 5.69. The van der Waals surface area contributed by atoms with Gasteiger partial charge in [0.25, 0.3) is 0 Å². The number of fused-ring (bicyclic) bond motifs is 1. The highest BCUT2D eigenvalue weighted by Crippen LogP contribution is 2.59. The normalized spacial score (nSPS) is 38.3. The molecule has 0 aromatic carbocycles. The summed E-state index contributed by atoms with van der Waals surface area (Å²) in [6, 6.07) is 0. The summed E-state index contributed by atoms with van der Waals surface area (Å²) in [5.41, 5.74) is 3.56. The van der Waals surface area contributed by atoms with Gasteiger partial charge < -0.3 is 14.9 Å². The van der Waals surface area contributed by atoms with Crippen molar-refractivity contribution >= 4 is 5.97 Å². The number of allylic oxidation sites excluding steroid dienone is 4. The Morgan fingerprint density at radius 3 is 2.68 bits per heavy atom. The van der Waals surface area contributed by atoms with E-state index in [1.165, 1.54) is 31.3 Å². The molecular formula is C30H44O4. The van der Waals surface area contributed by atoms with E-state index in [9.17, 15) is 15.0 Å². The smallest absolute Gasteiger partial charge is 0.306 e. The van der Waals surface area contributed by atoms with Crippen molar-refractivity contribution in [2.75, 3.05) is 0 Å². The van der Waals surface area contributed by atoms with Crippen molar-refractivity contribution in [3.63, 3.8) is 0 Å². The predicted molar refractivity (Wildman–Crippen MR) is 136 cm³/mol. The molecule has 0 bridgehead atoms. The van der Waals surface area contributed by atoms with Crippen LogP contribution in [0.5, 0.6) is 0 Å². The zero-order chi connectivity index (χ0) is 24.5. The Bertz CT molecular complexity index is 863. The number of aliphatic hydroxyl groups excluding tert-OH is 2. The second kappa shape index (κ2) is 10.5. The molecule has 4 aliphatic rings. The van der Waals surface area contributed by atoms with E-state index in [1.54, 1.807) is 0 Å². The Morgan fingerprint density at radius 2 is 1.97 bits per heavy atom. The Labute approximate surface area is 205 Å². The van der Waals surface area contributed by atoms with Crippen LogP contribution in [-0.4, -0.2) is 34.5 Å². The van der Waals surface area contributed by atoms with Crippen LogP contribution in [0.15, 0.2) is 47.6 Å². The fourth-order valence-electron chi connectivity index (χ4n) is 6.98. The molecule has 0 unspecified atom stereocenters. The molecule has 0 saturated heterocycles. The molecule has 0 heterocycles. The molecular weight excluding hydrogens is 424 g/mol. The third-order valence-corrected chi connectivity index (χ3v) is 9.18. The average molecular weight is 469 g/mol. The van der Waals surface area contributed by atoms with Crippen LogP contribution in [-0.2, 0) is 9.53 Å². The van der Waals surface area contributed by atoms with Gasteiger partial charge in [-0.05, 0) is 97.7 Å². The molecule has 4 nitrogen and oxygen atoms in total. The first-order valence-corrected chi connectivity index (χ1v) is 13.6. The van der Waals surface area contributed by atoms with E-state index in [0.29, 0.717) is 42.9 Å². The van der Waals surface area contributed by atoms with Crippen molar-refractivity contribution in [2.45, 2.75) is 103 Å². The maximum Gasteiger partial charge on any atom is 0.306 e. The molecule has 7 atom stereocenters. The van der Waals surface area contributed by atoms with Crippen LogP contribution in [0, 0.1) is 29.1 Å².